The van der Waals surface area contributed by atoms with Crippen LogP contribution in [0, 0.1) is 17.7 Å². The lowest BCUT2D eigenvalue weighted by atomic mass is 9.95. The summed E-state index contributed by atoms with van der Waals surface area (Å²) in [4.78, 5) is 3.88. The molecule has 2 heterocycles. The average Bonchev–Trinajstić information content (AvgIpc) is 2.41. The average molecular weight is 264 g/mol. The van der Waals surface area contributed by atoms with E-state index in [-0.39, 0.29) is 5.69 Å². The van der Waals surface area contributed by atoms with E-state index >= 15 is 0 Å². The molecular formula is C13H13FN2O3. The van der Waals surface area contributed by atoms with E-state index < -0.39 is 11.4 Å². The van der Waals surface area contributed by atoms with Crippen molar-refractivity contribution in [2.75, 3.05) is 13.2 Å². The summed E-state index contributed by atoms with van der Waals surface area (Å²) >= 11 is 0. The minimum atomic E-state index is -1.08. The van der Waals surface area contributed by atoms with E-state index in [1.54, 1.807) is 0 Å². The molecule has 1 aliphatic rings. The third-order valence-corrected chi connectivity index (χ3v) is 2.80. The third-order valence-electron chi connectivity index (χ3n) is 2.80. The zero-order valence-electron chi connectivity index (χ0n) is 10.1. The van der Waals surface area contributed by atoms with Crippen molar-refractivity contribution in [3.05, 3.63) is 29.3 Å². The van der Waals surface area contributed by atoms with Crippen molar-refractivity contribution < 1.29 is 19.4 Å². The predicted molar refractivity (Wildman–Crippen MR) is 65.5 cm³/mol. The summed E-state index contributed by atoms with van der Waals surface area (Å²) in [6.07, 6.45) is 1.77. The number of halogens is 1. The Labute approximate surface area is 109 Å². The fraction of sp³-hybridized carbons (Fsp3) is 0.385. The highest BCUT2D eigenvalue weighted by atomic mass is 19.1. The Morgan fingerprint density at radius 1 is 1.42 bits per heavy atom. The number of oxime groups is 1. The van der Waals surface area contributed by atoms with Crippen LogP contribution >= 0.6 is 0 Å². The van der Waals surface area contributed by atoms with Crippen molar-refractivity contribution >= 4 is 6.21 Å². The van der Waals surface area contributed by atoms with E-state index in [4.69, 9.17) is 9.94 Å². The first-order valence-corrected chi connectivity index (χ1v) is 5.80. The number of pyridine rings is 1. The monoisotopic (exact) mass is 264 g/mol. The van der Waals surface area contributed by atoms with E-state index in [0.717, 1.165) is 6.21 Å². The molecule has 100 valence electrons. The molecule has 1 aliphatic heterocycles. The molecule has 0 amide bonds. The van der Waals surface area contributed by atoms with Gasteiger partial charge < -0.3 is 15.1 Å². The Hall–Kier alpha value is -1.97. The highest BCUT2D eigenvalue weighted by Gasteiger charge is 2.27. The molecule has 0 bridgehead atoms. The van der Waals surface area contributed by atoms with Crippen molar-refractivity contribution in [3.8, 4) is 11.8 Å². The van der Waals surface area contributed by atoms with Gasteiger partial charge in [0, 0.05) is 12.8 Å². The summed E-state index contributed by atoms with van der Waals surface area (Å²) < 4.78 is 18.4. The Morgan fingerprint density at radius 2 is 2.16 bits per heavy atom. The van der Waals surface area contributed by atoms with Crippen LogP contribution in [0.25, 0.3) is 0 Å². The van der Waals surface area contributed by atoms with Crippen LogP contribution in [0.2, 0.25) is 0 Å². The summed E-state index contributed by atoms with van der Waals surface area (Å²) in [6, 6.07) is 2.59. The van der Waals surface area contributed by atoms with E-state index in [2.05, 4.69) is 22.0 Å². The van der Waals surface area contributed by atoms with Crippen LogP contribution in [0.5, 0.6) is 0 Å². The topological polar surface area (TPSA) is 74.9 Å². The van der Waals surface area contributed by atoms with Gasteiger partial charge in [0.15, 0.2) is 5.82 Å². The maximum absolute atomic E-state index is 13.2. The van der Waals surface area contributed by atoms with E-state index in [1.807, 2.05) is 0 Å². The largest absolute Gasteiger partial charge is 0.411 e. The van der Waals surface area contributed by atoms with E-state index in [0.29, 0.717) is 31.7 Å². The normalized spacial score (nSPS) is 18.0. The molecule has 1 fully saturated rings. The van der Waals surface area contributed by atoms with E-state index in [9.17, 15) is 9.50 Å². The van der Waals surface area contributed by atoms with Crippen molar-refractivity contribution in [2.45, 2.75) is 18.4 Å². The van der Waals surface area contributed by atoms with Crippen LogP contribution in [0.15, 0.2) is 17.3 Å². The zero-order valence-corrected chi connectivity index (χ0v) is 10.1. The van der Waals surface area contributed by atoms with Crippen LogP contribution in [0.1, 0.15) is 24.2 Å². The lowest BCUT2D eigenvalue weighted by Crippen LogP contribution is -2.34. The molecule has 0 aromatic carbocycles. The Morgan fingerprint density at radius 3 is 2.84 bits per heavy atom. The molecule has 1 aromatic rings. The van der Waals surface area contributed by atoms with Crippen LogP contribution in [0.3, 0.4) is 0 Å². The lowest BCUT2D eigenvalue weighted by molar-refractivity contribution is -0.0262. The highest BCUT2D eigenvalue weighted by molar-refractivity contribution is 5.76. The van der Waals surface area contributed by atoms with Crippen LogP contribution in [0.4, 0.5) is 4.39 Å². The maximum atomic E-state index is 13.2. The molecule has 1 aromatic heterocycles. The quantitative estimate of drug-likeness (QED) is 0.342. The molecular weight excluding hydrogens is 251 g/mol. The van der Waals surface area contributed by atoms with Gasteiger partial charge in [-0.1, -0.05) is 11.1 Å². The van der Waals surface area contributed by atoms with Gasteiger partial charge in [0.2, 0.25) is 0 Å². The first-order chi connectivity index (χ1) is 9.13. The minimum absolute atomic E-state index is 0.103. The second-order valence-corrected chi connectivity index (χ2v) is 4.20. The number of aromatic nitrogens is 1. The van der Waals surface area contributed by atoms with Crippen molar-refractivity contribution in [3.63, 3.8) is 0 Å². The van der Waals surface area contributed by atoms with Gasteiger partial charge in [0.25, 0.3) is 0 Å². The smallest absolute Gasteiger partial charge is 0.150 e. The van der Waals surface area contributed by atoms with Gasteiger partial charge >= 0.3 is 0 Å². The van der Waals surface area contributed by atoms with Gasteiger partial charge in [-0.05, 0) is 18.1 Å². The summed E-state index contributed by atoms with van der Waals surface area (Å²) in [5.41, 5.74) is -0.885. The molecule has 19 heavy (non-hydrogen) atoms. The second-order valence-electron chi connectivity index (χ2n) is 4.20. The summed E-state index contributed by atoms with van der Waals surface area (Å²) in [6.45, 7) is 0.925. The van der Waals surface area contributed by atoms with E-state index in [1.165, 1.54) is 12.1 Å². The van der Waals surface area contributed by atoms with Crippen LogP contribution in [-0.2, 0) is 4.74 Å². The molecule has 5 nitrogen and oxygen atoms in total. The van der Waals surface area contributed by atoms with Gasteiger partial charge in [0.05, 0.1) is 19.4 Å². The fourth-order valence-electron chi connectivity index (χ4n) is 1.69. The first-order valence-electron chi connectivity index (χ1n) is 5.80. The predicted octanol–water partition coefficient (Wildman–Crippen LogP) is 0.922. The summed E-state index contributed by atoms with van der Waals surface area (Å²) in [5.74, 6) is 4.84. The first kappa shape index (κ1) is 13.5. The van der Waals surface area contributed by atoms with Gasteiger partial charge in [-0.3, -0.25) is 0 Å². The minimum Gasteiger partial charge on any atom is -0.411 e. The van der Waals surface area contributed by atoms with Crippen LogP contribution < -0.4 is 0 Å². The fourth-order valence-corrected chi connectivity index (χ4v) is 1.69. The molecule has 2 N–H and O–H groups in total. The molecule has 0 unspecified atom stereocenters. The van der Waals surface area contributed by atoms with Gasteiger partial charge in [-0.15, -0.1) is 0 Å². The molecule has 1 saturated heterocycles. The maximum Gasteiger partial charge on any atom is 0.150 e. The van der Waals surface area contributed by atoms with Gasteiger partial charge in [0.1, 0.15) is 17.0 Å². The highest BCUT2D eigenvalue weighted by Crippen LogP contribution is 2.19. The molecule has 2 rings (SSSR count). The number of hydrogen-bond donors (Lipinski definition) is 2. The molecule has 0 saturated carbocycles. The lowest BCUT2D eigenvalue weighted by Gasteiger charge is -2.26. The summed E-state index contributed by atoms with van der Waals surface area (Å²) in [7, 11) is 0. The number of rotatable bonds is 1. The standard InChI is InChI=1S/C13H13FN2O3/c14-11-2-1-10(16-12(11)9-15-18)3-4-13(17)5-7-19-8-6-13/h1-2,9,17-18H,5-8H2. The summed E-state index contributed by atoms with van der Waals surface area (Å²) in [5, 5.41) is 21.3. The number of nitrogens with zero attached hydrogens (tertiary/aromatic N) is 2. The molecule has 0 atom stereocenters. The van der Waals surface area contributed by atoms with Gasteiger partial charge in [-0.25, -0.2) is 9.37 Å². The Balaban J connectivity index is 2.22. The molecule has 0 radical (unpaired) electrons. The molecule has 0 aliphatic carbocycles. The van der Waals surface area contributed by atoms with Crippen molar-refractivity contribution in [1.29, 1.82) is 0 Å². The van der Waals surface area contributed by atoms with Crippen molar-refractivity contribution in [2.24, 2.45) is 5.16 Å². The van der Waals surface area contributed by atoms with Crippen LogP contribution in [-0.4, -0.2) is 40.3 Å². The number of hydrogen-bond acceptors (Lipinski definition) is 5. The third kappa shape index (κ3) is 3.50. The molecule has 6 heteroatoms. The number of aliphatic hydroxyl groups is 1. The Kier molecular flexibility index (Phi) is 4.10. The van der Waals surface area contributed by atoms with Gasteiger partial charge in [-0.2, -0.15) is 0 Å². The zero-order chi connectivity index (χ0) is 13.7. The van der Waals surface area contributed by atoms with Crippen molar-refractivity contribution in [1.82, 2.24) is 4.98 Å². The molecule has 0 spiro atoms. The Bertz CT molecular complexity index is 543. The number of ether oxygens (including phenoxy) is 1. The SMILES string of the molecule is ON=Cc1nc(C#CC2(O)CCOCC2)ccc1F. The second kappa shape index (κ2) is 5.78.